The van der Waals surface area contributed by atoms with E-state index in [1.54, 1.807) is 0 Å². The predicted molar refractivity (Wildman–Crippen MR) is 232 cm³/mol. The second-order valence-electron chi connectivity index (χ2n) is 14.4. The number of fused-ring (bicyclic) bond motifs is 10. The highest BCUT2D eigenvalue weighted by Gasteiger charge is 2.27. The molecule has 0 fully saturated rings. The Balaban J connectivity index is 1.23. The van der Waals surface area contributed by atoms with Gasteiger partial charge >= 0.3 is 0 Å². The maximum atomic E-state index is 5.53. The van der Waals surface area contributed by atoms with Gasteiger partial charge in [0.05, 0.1) is 27.6 Å². The summed E-state index contributed by atoms with van der Waals surface area (Å²) in [4.78, 5) is 5.53. The first-order valence-corrected chi connectivity index (χ1v) is 19.1. The number of imidazole rings is 1. The lowest BCUT2D eigenvalue weighted by molar-refractivity contribution is 1.10. The molecule has 0 saturated heterocycles. The van der Waals surface area contributed by atoms with Gasteiger partial charge in [-0.1, -0.05) is 121 Å². The first-order valence-electron chi connectivity index (χ1n) is 19.1. The molecule has 5 heteroatoms. The molecule has 0 radical (unpaired) electrons. The predicted octanol–water partition coefficient (Wildman–Crippen LogP) is 12.8. The molecule has 0 atom stereocenters. The van der Waals surface area contributed by atoms with Crippen molar-refractivity contribution < 1.29 is 0 Å². The van der Waals surface area contributed by atoms with Crippen LogP contribution in [0.4, 0.5) is 0 Å². The zero-order valence-corrected chi connectivity index (χ0v) is 30.3. The molecule has 0 aliphatic rings. The summed E-state index contributed by atoms with van der Waals surface area (Å²) in [6.45, 7) is 0. The van der Waals surface area contributed by atoms with Crippen LogP contribution in [0.2, 0.25) is 0 Å². The fourth-order valence-electron chi connectivity index (χ4n) is 9.06. The maximum absolute atomic E-state index is 5.53. The van der Waals surface area contributed by atoms with E-state index >= 15 is 0 Å². The molecule has 0 saturated carbocycles. The number of hydrogen-bond acceptors (Lipinski definition) is 1. The highest BCUT2D eigenvalue weighted by Crippen LogP contribution is 2.45. The quantitative estimate of drug-likeness (QED) is 0.175. The highest BCUT2D eigenvalue weighted by atomic mass is 15.2. The van der Waals surface area contributed by atoms with Crippen molar-refractivity contribution in [3.05, 3.63) is 200 Å². The zero-order chi connectivity index (χ0) is 36.7. The second kappa shape index (κ2) is 11.9. The topological polar surface area (TPSA) is 32.6 Å². The summed E-state index contributed by atoms with van der Waals surface area (Å²) in [5.41, 5.74) is 13.3. The van der Waals surface area contributed by atoms with E-state index < -0.39 is 0 Å². The highest BCUT2D eigenvalue weighted by molar-refractivity contribution is 6.28. The van der Waals surface area contributed by atoms with E-state index in [4.69, 9.17) is 4.98 Å². The van der Waals surface area contributed by atoms with Crippen molar-refractivity contribution in [3.63, 3.8) is 0 Å². The van der Waals surface area contributed by atoms with Gasteiger partial charge in [0.25, 0.3) is 0 Å². The van der Waals surface area contributed by atoms with Gasteiger partial charge in [0.15, 0.2) is 5.65 Å². The van der Waals surface area contributed by atoms with E-state index in [1.807, 2.05) is 0 Å². The minimum atomic E-state index is 0.911. The van der Waals surface area contributed by atoms with Gasteiger partial charge in [-0.2, -0.15) is 0 Å². The van der Waals surface area contributed by atoms with Crippen LogP contribution in [0, 0.1) is 0 Å². The molecule has 0 bridgehead atoms. The summed E-state index contributed by atoms with van der Waals surface area (Å²) < 4.78 is 9.53. The maximum Gasteiger partial charge on any atom is 0.165 e. The van der Waals surface area contributed by atoms with Crippen molar-refractivity contribution in [3.8, 4) is 34.1 Å². The third-order valence-corrected chi connectivity index (χ3v) is 11.4. The van der Waals surface area contributed by atoms with Crippen molar-refractivity contribution in [2.45, 2.75) is 0 Å². The lowest BCUT2D eigenvalue weighted by atomic mass is 10.1. The van der Waals surface area contributed by atoms with Gasteiger partial charge in [0, 0.05) is 55.2 Å². The van der Waals surface area contributed by atoms with Crippen molar-refractivity contribution >= 4 is 65.7 Å². The normalized spacial score (nSPS) is 11.9. The number of aromatic nitrogens is 5. The van der Waals surface area contributed by atoms with Crippen molar-refractivity contribution in [1.82, 2.24) is 23.3 Å². The van der Waals surface area contributed by atoms with E-state index in [-0.39, 0.29) is 0 Å². The largest absolute Gasteiger partial charge is 0.309 e. The Bertz CT molecular complexity index is 3440. The van der Waals surface area contributed by atoms with Gasteiger partial charge in [0.2, 0.25) is 0 Å². The Labute approximate surface area is 322 Å². The Morgan fingerprint density at radius 2 is 0.768 bits per heavy atom. The van der Waals surface area contributed by atoms with Gasteiger partial charge < -0.3 is 9.13 Å². The molecule has 4 aromatic heterocycles. The molecular weight excluding hydrogens is 683 g/mol. The number of nitrogens with zero attached hydrogens (tertiary/aromatic N) is 5. The average molecular weight is 716 g/mol. The molecule has 0 amide bonds. The van der Waals surface area contributed by atoms with E-state index in [0.29, 0.717) is 0 Å². The summed E-state index contributed by atoms with van der Waals surface area (Å²) in [7, 11) is 0. The zero-order valence-electron chi connectivity index (χ0n) is 30.3. The molecule has 0 aliphatic heterocycles. The van der Waals surface area contributed by atoms with E-state index in [0.717, 1.165) is 61.9 Å². The fourth-order valence-corrected chi connectivity index (χ4v) is 9.06. The van der Waals surface area contributed by atoms with Gasteiger partial charge in [-0.15, -0.1) is 0 Å². The molecule has 12 aromatic rings. The van der Waals surface area contributed by atoms with Gasteiger partial charge in [0.1, 0.15) is 11.3 Å². The van der Waals surface area contributed by atoms with Crippen molar-refractivity contribution in [2.24, 2.45) is 0 Å². The van der Waals surface area contributed by atoms with Crippen LogP contribution in [0.25, 0.3) is 99.8 Å². The number of rotatable bonds is 5. The van der Waals surface area contributed by atoms with Crippen LogP contribution in [-0.2, 0) is 0 Å². The molecule has 5 nitrogen and oxygen atoms in total. The SMILES string of the molecule is c1ccc(-c2nc3c(c4c5c6ccccc6n(-c6ccc7c(c6)c6ccccc6n7-c6ccccc6)c5ccc4n3-c3ccccc3)n2-c2ccccc2)cc1. The Morgan fingerprint density at radius 1 is 0.304 bits per heavy atom. The van der Waals surface area contributed by atoms with Crippen LogP contribution in [-0.4, -0.2) is 23.3 Å². The lowest BCUT2D eigenvalue weighted by Gasteiger charge is -2.12. The molecular formula is C51H33N5. The standard InChI is InChI=1S/C51H33N5/c1-5-17-34(18-6-1)50-52-51-49(56(50)37-23-11-4-12-24-37)48-46(55(51)36-21-9-3-10-22-36)32-31-45-47(48)40-26-14-16-28-43(40)54(45)38-29-30-44-41(33-38)39-25-13-15-27-42(39)53(44)35-19-7-2-8-20-35/h1-33H. The van der Waals surface area contributed by atoms with Crippen LogP contribution in [0.1, 0.15) is 0 Å². The Kier molecular flexibility index (Phi) is 6.56. The number of para-hydroxylation sites is 5. The molecule has 0 unspecified atom stereocenters. The molecule has 0 N–H and O–H groups in total. The minimum Gasteiger partial charge on any atom is -0.309 e. The summed E-state index contributed by atoms with van der Waals surface area (Å²) in [5.74, 6) is 0.911. The third kappa shape index (κ3) is 4.34. The number of hydrogen-bond donors (Lipinski definition) is 0. The first kappa shape index (κ1) is 30.8. The summed E-state index contributed by atoms with van der Waals surface area (Å²) in [6.07, 6.45) is 0. The molecule has 0 aliphatic carbocycles. The molecule has 262 valence electrons. The summed E-state index contributed by atoms with van der Waals surface area (Å²) in [5, 5.41) is 6.05. The molecule has 12 rings (SSSR count). The van der Waals surface area contributed by atoms with Crippen molar-refractivity contribution in [2.75, 3.05) is 0 Å². The minimum absolute atomic E-state index is 0.911. The van der Waals surface area contributed by atoms with Crippen LogP contribution in [0.15, 0.2) is 200 Å². The van der Waals surface area contributed by atoms with Crippen LogP contribution in [0.5, 0.6) is 0 Å². The monoisotopic (exact) mass is 715 g/mol. The van der Waals surface area contributed by atoms with Gasteiger partial charge in [-0.3, -0.25) is 9.13 Å². The second-order valence-corrected chi connectivity index (χ2v) is 14.4. The average Bonchev–Trinajstić information content (AvgIpc) is 4.00. The van der Waals surface area contributed by atoms with Crippen LogP contribution in [0.3, 0.4) is 0 Å². The Hall–Kier alpha value is -7.63. The van der Waals surface area contributed by atoms with Crippen LogP contribution < -0.4 is 0 Å². The van der Waals surface area contributed by atoms with E-state index in [2.05, 4.69) is 218 Å². The molecule has 4 heterocycles. The van der Waals surface area contributed by atoms with Crippen molar-refractivity contribution in [1.29, 1.82) is 0 Å². The smallest absolute Gasteiger partial charge is 0.165 e. The lowest BCUT2D eigenvalue weighted by Crippen LogP contribution is -1.98. The van der Waals surface area contributed by atoms with Crippen LogP contribution >= 0.6 is 0 Å². The molecule has 0 spiro atoms. The van der Waals surface area contributed by atoms with E-state index in [1.165, 1.54) is 38.0 Å². The Morgan fingerprint density at radius 3 is 1.43 bits per heavy atom. The molecule has 56 heavy (non-hydrogen) atoms. The summed E-state index contributed by atoms with van der Waals surface area (Å²) in [6, 6.07) is 71.7. The fraction of sp³-hybridized carbons (Fsp3) is 0. The first-order chi connectivity index (χ1) is 27.8. The van der Waals surface area contributed by atoms with E-state index in [9.17, 15) is 0 Å². The summed E-state index contributed by atoms with van der Waals surface area (Å²) >= 11 is 0. The molecule has 8 aromatic carbocycles. The third-order valence-electron chi connectivity index (χ3n) is 11.4. The van der Waals surface area contributed by atoms with Gasteiger partial charge in [-0.25, -0.2) is 4.98 Å². The number of benzene rings is 8. The van der Waals surface area contributed by atoms with Gasteiger partial charge in [-0.05, 0) is 78.9 Å².